The number of aryl methyl sites for hydroxylation is 1. The molecule has 0 spiro atoms. The third-order valence-corrected chi connectivity index (χ3v) is 5.17. The van der Waals surface area contributed by atoms with Crippen LogP contribution in [0.4, 0.5) is 11.5 Å². The lowest BCUT2D eigenvalue weighted by Gasteiger charge is -2.23. The number of nitrogen functional groups attached to an aromatic ring is 1. The highest BCUT2D eigenvalue weighted by Gasteiger charge is 2.22. The van der Waals surface area contributed by atoms with Crippen molar-refractivity contribution in [3.63, 3.8) is 0 Å². The van der Waals surface area contributed by atoms with Crippen LogP contribution in [0.25, 0.3) is 0 Å². The van der Waals surface area contributed by atoms with Crippen molar-refractivity contribution >= 4 is 28.7 Å². The van der Waals surface area contributed by atoms with Gasteiger partial charge in [0.2, 0.25) is 5.91 Å². The second-order valence-corrected chi connectivity index (χ2v) is 7.10. The number of carbonyl (C=O) groups excluding carboxylic acids is 1. The van der Waals surface area contributed by atoms with Crippen LogP contribution in [0, 0.1) is 0 Å². The number of nitrogens with two attached hydrogens (primary N) is 1. The summed E-state index contributed by atoms with van der Waals surface area (Å²) in [6, 6.07) is 4.03. The number of nitrogens with one attached hydrogen (secondary N) is 1. The van der Waals surface area contributed by atoms with E-state index < -0.39 is 11.2 Å². The van der Waals surface area contributed by atoms with E-state index in [1.807, 2.05) is 24.4 Å². The van der Waals surface area contributed by atoms with Gasteiger partial charge in [0.05, 0.1) is 0 Å². The molecule has 7 nitrogen and oxygen atoms in total. The van der Waals surface area contributed by atoms with Crippen LogP contribution < -0.4 is 21.9 Å². The first-order valence-corrected chi connectivity index (χ1v) is 9.82. The average molecular weight is 378 g/mol. The van der Waals surface area contributed by atoms with Crippen molar-refractivity contribution in [3.05, 3.63) is 43.2 Å². The average Bonchev–Trinajstić information content (AvgIpc) is 3.11. The van der Waals surface area contributed by atoms with Crippen LogP contribution in [-0.2, 0) is 17.8 Å². The van der Waals surface area contributed by atoms with Gasteiger partial charge in [-0.1, -0.05) is 19.4 Å². The monoisotopic (exact) mass is 378 g/mol. The van der Waals surface area contributed by atoms with Gasteiger partial charge in [-0.3, -0.25) is 19.1 Å². The van der Waals surface area contributed by atoms with Crippen molar-refractivity contribution in [1.82, 2.24) is 9.55 Å². The maximum Gasteiger partial charge on any atom is 0.330 e. The Balaban J connectivity index is 2.20. The predicted octanol–water partition coefficient (Wildman–Crippen LogP) is 2.36. The number of aromatic amines is 1. The molecule has 0 saturated heterocycles. The molecule has 1 amide bonds. The molecule has 2 rings (SSSR count). The SMILES string of the molecule is CCCCn1c(N)c(N(CC)C(=O)CCCc2cccs2)c(=O)[nH]c1=O. The normalized spacial score (nSPS) is 10.8. The Bertz CT molecular complexity index is 839. The van der Waals surface area contributed by atoms with E-state index in [2.05, 4.69) is 4.98 Å². The summed E-state index contributed by atoms with van der Waals surface area (Å²) in [5.74, 6) is -0.109. The standard InChI is InChI=1S/C18H26N4O3S/c1-3-5-11-22-16(19)15(17(24)20-18(22)25)21(4-2)14(23)10-6-8-13-9-7-12-26-13/h7,9,12H,3-6,8,10-11,19H2,1-2H3,(H,20,24,25). The Morgan fingerprint density at radius 1 is 1.31 bits per heavy atom. The Labute approximate surface area is 156 Å². The zero-order chi connectivity index (χ0) is 19.1. The van der Waals surface area contributed by atoms with Gasteiger partial charge in [-0.05, 0) is 37.6 Å². The smallest absolute Gasteiger partial charge is 0.330 e. The molecular formula is C18H26N4O3S. The van der Waals surface area contributed by atoms with Crippen LogP contribution in [0.15, 0.2) is 27.1 Å². The van der Waals surface area contributed by atoms with Crippen molar-refractivity contribution in [2.75, 3.05) is 17.2 Å². The molecule has 2 heterocycles. The van der Waals surface area contributed by atoms with E-state index in [0.29, 0.717) is 25.9 Å². The number of nitrogens with zero attached hydrogens (tertiary/aromatic N) is 2. The van der Waals surface area contributed by atoms with Gasteiger partial charge in [0.1, 0.15) is 5.82 Å². The third-order valence-electron chi connectivity index (χ3n) is 4.23. The maximum atomic E-state index is 12.7. The zero-order valence-corrected chi connectivity index (χ0v) is 16.1. The summed E-state index contributed by atoms with van der Waals surface area (Å²) in [6.45, 7) is 4.52. The molecule has 2 aromatic heterocycles. The minimum Gasteiger partial charge on any atom is -0.383 e. The van der Waals surface area contributed by atoms with Crippen LogP contribution in [0.1, 0.15) is 44.4 Å². The number of anilines is 2. The van der Waals surface area contributed by atoms with E-state index in [4.69, 9.17) is 5.73 Å². The topological polar surface area (TPSA) is 101 Å². The highest BCUT2D eigenvalue weighted by atomic mass is 32.1. The highest BCUT2D eigenvalue weighted by molar-refractivity contribution is 7.09. The van der Waals surface area contributed by atoms with E-state index in [-0.39, 0.29) is 17.4 Å². The summed E-state index contributed by atoms with van der Waals surface area (Å²) in [5, 5.41) is 2.01. The molecule has 0 atom stereocenters. The Morgan fingerprint density at radius 2 is 2.08 bits per heavy atom. The molecule has 3 N–H and O–H groups in total. The lowest BCUT2D eigenvalue weighted by atomic mass is 10.2. The molecule has 0 aliphatic rings. The number of hydrogen-bond donors (Lipinski definition) is 2. The second kappa shape index (κ2) is 9.38. The lowest BCUT2D eigenvalue weighted by molar-refractivity contribution is -0.118. The Kier molecular flexibility index (Phi) is 7.20. The first-order valence-electron chi connectivity index (χ1n) is 8.94. The molecule has 0 unspecified atom stereocenters. The zero-order valence-electron chi connectivity index (χ0n) is 15.3. The van der Waals surface area contributed by atoms with Gasteiger partial charge in [0.15, 0.2) is 5.69 Å². The molecule has 26 heavy (non-hydrogen) atoms. The van der Waals surface area contributed by atoms with E-state index in [1.54, 1.807) is 18.3 Å². The number of H-pyrrole nitrogens is 1. The van der Waals surface area contributed by atoms with Gasteiger partial charge in [-0.15, -0.1) is 11.3 Å². The van der Waals surface area contributed by atoms with E-state index >= 15 is 0 Å². The molecule has 0 bridgehead atoms. The van der Waals surface area contributed by atoms with Crippen LogP contribution in [-0.4, -0.2) is 22.0 Å². The number of thiophene rings is 1. The maximum absolute atomic E-state index is 12.7. The minimum absolute atomic E-state index is 0.0562. The fraction of sp³-hybridized carbons (Fsp3) is 0.500. The summed E-state index contributed by atoms with van der Waals surface area (Å²) >= 11 is 1.66. The summed E-state index contributed by atoms with van der Waals surface area (Å²) < 4.78 is 1.34. The van der Waals surface area contributed by atoms with Crippen molar-refractivity contribution in [1.29, 1.82) is 0 Å². The first kappa shape index (κ1) is 20.0. The van der Waals surface area contributed by atoms with Gasteiger partial charge < -0.3 is 10.6 Å². The number of hydrogen-bond acceptors (Lipinski definition) is 5. The predicted molar refractivity (Wildman–Crippen MR) is 106 cm³/mol. The molecule has 8 heteroatoms. The van der Waals surface area contributed by atoms with Gasteiger partial charge in [0.25, 0.3) is 5.56 Å². The number of unbranched alkanes of at least 4 members (excludes halogenated alkanes) is 1. The van der Waals surface area contributed by atoms with Crippen LogP contribution in [0.2, 0.25) is 0 Å². The van der Waals surface area contributed by atoms with E-state index in [1.165, 1.54) is 14.3 Å². The van der Waals surface area contributed by atoms with Crippen LogP contribution in [0.5, 0.6) is 0 Å². The Morgan fingerprint density at radius 3 is 2.69 bits per heavy atom. The van der Waals surface area contributed by atoms with Gasteiger partial charge in [-0.2, -0.15) is 0 Å². The lowest BCUT2D eigenvalue weighted by Crippen LogP contribution is -2.41. The summed E-state index contributed by atoms with van der Waals surface area (Å²) in [6.07, 6.45) is 3.49. The largest absolute Gasteiger partial charge is 0.383 e. The molecular weight excluding hydrogens is 352 g/mol. The van der Waals surface area contributed by atoms with E-state index in [9.17, 15) is 14.4 Å². The molecule has 142 valence electrons. The number of carbonyl (C=O) groups is 1. The number of rotatable bonds is 9. The number of amides is 1. The van der Waals surface area contributed by atoms with Crippen molar-refractivity contribution in [2.24, 2.45) is 0 Å². The minimum atomic E-state index is -0.617. The summed E-state index contributed by atoms with van der Waals surface area (Å²) in [7, 11) is 0. The van der Waals surface area contributed by atoms with Crippen molar-refractivity contribution in [3.8, 4) is 0 Å². The van der Waals surface area contributed by atoms with Crippen molar-refractivity contribution < 1.29 is 4.79 Å². The van der Waals surface area contributed by atoms with E-state index in [0.717, 1.165) is 19.3 Å². The quantitative estimate of drug-likeness (QED) is 0.699. The molecule has 0 radical (unpaired) electrons. The summed E-state index contributed by atoms with van der Waals surface area (Å²) in [4.78, 5) is 41.9. The molecule has 0 fully saturated rings. The molecule has 0 aromatic carbocycles. The highest BCUT2D eigenvalue weighted by Crippen LogP contribution is 2.19. The third kappa shape index (κ3) is 4.63. The Hall–Kier alpha value is -2.35. The first-order chi connectivity index (χ1) is 12.5. The van der Waals surface area contributed by atoms with Gasteiger partial charge in [0, 0.05) is 24.4 Å². The molecule has 0 saturated carbocycles. The molecule has 0 aliphatic heterocycles. The molecule has 2 aromatic rings. The van der Waals surface area contributed by atoms with Crippen LogP contribution in [0.3, 0.4) is 0 Å². The fourth-order valence-electron chi connectivity index (χ4n) is 2.84. The second-order valence-electron chi connectivity index (χ2n) is 6.07. The summed E-state index contributed by atoms with van der Waals surface area (Å²) in [5.41, 5.74) is 5.02. The van der Waals surface area contributed by atoms with Gasteiger partial charge in [-0.25, -0.2) is 4.79 Å². The number of aromatic nitrogens is 2. The van der Waals surface area contributed by atoms with Crippen LogP contribution >= 0.6 is 11.3 Å². The molecule has 0 aliphatic carbocycles. The van der Waals surface area contributed by atoms with Gasteiger partial charge >= 0.3 is 5.69 Å². The fourth-order valence-corrected chi connectivity index (χ4v) is 3.59. The van der Waals surface area contributed by atoms with Crippen molar-refractivity contribution in [2.45, 2.75) is 52.5 Å².